The molecule has 0 saturated carbocycles. The van der Waals surface area contributed by atoms with Gasteiger partial charge in [-0.1, -0.05) is 6.92 Å². The molecule has 0 unspecified atom stereocenters. The standard InChI is InChI=1S/C10H12ClN5OS/c1-3-4-17-9-13-8(11)14-10(15-9)18-7-5-12-16(2)6-7/h5-6H,3-4H2,1-2H3. The Labute approximate surface area is 114 Å². The van der Waals surface area contributed by atoms with Crippen molar-refractivity contribution in [3.05, 3.63) is 17.7 Å². The fourth-order valence-corrected chi connectivity index (χ4v) is 2.15. The highest BCUT2D eigenvalue weighted by molar-refractivity contribution is 7.99. The van der Waals surface area contributed by atoms with E-state index >= 15 is 0 Å². The SMILES string of the molecule is CCCOc1nc(Cl)nc(Sc2cnn(C)c2)n1. The van der Waals surface area contributed by atoms with E-state index in [2.05, 4.69) is 20.1 Å². The third-order valence-corrected chi connectivity index (χ3v) is 2.87. The Morgan fingerprint density at radius 2 is 2.22 bits per heavy atom. The van der Waals surface area contributed by atoms with Crippen LogP contribution >= 0.6 is 23.4 Å². The van der Waals surface area contributed by atoms with Gasteiger partial charge in [0.05, 0.1) is 17.7 Å². The molecule has 0 atom stereocenters. The quantitative estimate of drug-likeness (QED) is 0.839. The van der Waals surface area contributed by atoms with Gasteiger partial charge in [-0.25, -0.2) is 0 Å². The van der Waals surface area contributed by atoms with E-state index in [0.717, 1.165) is 11.3 Å². The Hall–Kier alpha value is -1.34. The van der Waals surface area contributed by atoms with E-state index in [9.17, 15) is 0 Å². The maximum absolute atomic E-state index is 5.82. The average molecular weight is 286 g/mol. The number of hydrogen-bond donors (Lipinski definition) is 0. The number of halogens is 1. The summed E-state index contributed by atoms with van der Waals surface area (Å²) in [4.78, 5) is 13.0. The Bertz CT molecular complexity index is 533. The first-order chi connectivity index (χ1) is 8.67. The highest BCUT2D eigenvalue weighted by Crippen LogP contribution is 2.25. The summed E-state index contributed by atoms with van der Waals surface area (Å²) in [6.45, 7) is 2.56. The zero-order chi connectivity index (χ0) is 13.0. The van der Waals surface area contributed by atoms with Crippen molar-refractivity contribution in [3.63, 3.8) is 0 Å². The molecular weight excluding hydrogens is 274 g/mol. The first kappa shape index (κ1) is 13.1. The van der Waals surface area contributed by atoms with E-state index in [4.69, 9.17) is 16.3 Å². The zero-order valence-electron chi connectivity index (χ0n) is 10.00. The number of nitrogens with zero attached hydrogens (tertiary/aromatic N) is 5. The molecule has 18 heavy (non-hydrogen) atoms. The Morgan fingerprint density at radius 1 is 1.39 bits per heavy atom. The number of hydrogen-bond acceptors (Lipinski definition) is 6. The molecule has 0 aromatic carbocycles. The lowest BCUT2D eigenvalue weighted by atomic mass is 10.5. The van der Waals surface area contributed by atoms with Crippen LogP contribution in [0.2, 0.25) is 5.28 Å². The smallest absolute Gasteiger partial charge is 0.321 e. The maximum Gasteiger partial charge on any atom is 0.321 e. The van der Waals surface area contributed by atoms with Gasteiger partial charge in [-0.15, -0.1) is 0 Å². The molecule has 2 heterocycles. The molecule has 8 heteroatoms. The van der Waals surface area contributed by atoms with Crippen molar-refractivity contribution in [1.29, 1.82) is 0 Å². The van der Waals surface area contributed by atoms with Gasteiger partial charge in [-0.3, -0.25) is 4.68 Å². The van der Waals surface area contributed by atoms with Gasteiger partial charge >= 0.3 is 6.01 Å². The number of aryl methyl sites for hydroxylation is 1. The molecule has 0 saturated heterocycles. The fraction of sp³-hybridized carbons (Fsp3) is 0.400. The van der Waals surface area contributed by atoms with Gasteiger partial charge < -0.3 is 4.74 Å². The third kappa shape index (κ3) is 3.58. The molecule has 0 spiro atoms. The van der Waals surface area contributed by atoms with Crippen molar-refractivity contribution < 1.29 is 4.74 Å². The van der Waals surface area contributed by atoms with E-state index in [0.29, 0.717) is 11.8 Å². The summed E-state index contributed by atoms with van der Waals surface area (Å²) >= 11 is 7.18. The first-order valence-electron chi connectivity index (χ1n) is 5.38. The van der Waals surface area contributed by atoms with Gasteiger partial charge in [0.2, 0.25) is 5.28 Å². The minimum absolute atomic E-state index is 0.127. The highest BCUT2D eigenvalue weighted by Gasteiger charge is 2.08. The van der Waals surface area contributed by atoms with E-state index in [1.165, 1.54) is 11.8 Å². The van der Waals surface area contributed by atoms with Crippen LogP contribution in [-0.2, 0) is 7.05 Å². The van der Waals surface area contributed by atoms with E-state index in [1.807, 2.05) is 20.2 Å². The van der Waals surface area contributed by atoms with Crippen molar-refractivity contribution in [3.8, 4) is 6.01 Å². The van der Waals surface area contributed by atoms with Crippen molar-refractivity contribution in [2.45, 2.75) is 23.4 Å². The van der Waals surface area contributed by atoms with Crippen LogP contribution < -0.4 is 4.74 Å². The second kappa shape index (κ2) is 6.01. The number of rotatable bonds is 5. The van der Waals surface area contributed by atoms with Gasteiger partial charge in [-0.2, -0.15) is 20.1 Å². The minimum Gasteiger partial charge on any atom is -0.463 e. The van der Waals surface area contributed by atoms with Gasteiger partial charge in [0.1, 0.15) is 0 Å². The van der Waals surface area contributed by atoms with Crippen LogP contribution in [0, 0.1) is 0 Å². The average Bonchev–Trinajstić information content (AvgIpc) is 2.71. The maximum atomic E-state index is 5.82. The minimum atomic E-state index is 0.127. The van der Waals surface area contributed by atoms with E-state index in [1.54, 1.807) is 10.9 Å². The second-order valence-corrected chi connectivity index (χ2v) is 4.85. The van der Waals surface area contributed by atoms with Crippen molar-refractivity contribution in [2.24, 2.45) is 7.05 Å². The molecule has 96 valence electrons. The molecule has 2 aromatic rings. The lowest BCUT2D eigenvalue weighted by Gasteiger charge is -2.03. The van der Waals surface area contributed by atoms with Crippen molar-refractivity contribution >= 4 is 23.4 Å². The van der Waals surface area contributed by atoms with Crippen LogP contribution in [0.4, 0.5) is 0 Å². The van der Waals surface area contributed by atoms with Crippen molar-refractivity contribution in [1.82, 2.24) is 24.7 Å². The molecule has 2 rings (SSSR count). The van der Waals surface area contributed by atoms with Crippen LogP contribution in [-0.4, -0.2) is 31.3 Å². The van der Waals surface area contributed by atoms with Gasteiger partial charge in [0.15, 0.2) is 5.16 Å². The summed E-state index contributed by atoms with van der Waals surface area (Å²) in [5.41, 5.74) is 0. The van der Waals surface area contributed by atoms with E-state index in [-0.39, 0.29) is 11.3 Å². The summed E-state index contributed by atoms with van der Waals surface area (Å²) in [6, 6.07) is 0.253. The molecule has 0 amide bonds. The lowest BCUT2D eigenvalue weighted by molar-refractivity contribution is 0.288. The zero-order valence-corrected chi connectivity index (χ0v) is 11.6. The summed E-state index contributed by atoms with van der Waals surface area (Å²) in [7, 11) is 1.85. The Balaban J connectivity index is 2.14. The predicted octanol–water partition coefficient (Wildman–Crippen LogP) is 2.20. The van der Waals surface area contributed by atoms with Crippen LogP contribution in [0.3, 0.4) is 0 Å². The fourth-order valence-electron chi connectivity index (χ4n) is 1.18. The molecule has 2 aromatic heterocycles. The molecule has 0 aliphatic rings. The van der Waals surface area contributed by atoms with Gasteiger partial charge in [0, 0.05) is 13.2 Å². The van der Waals surface area contributed by atoms with Gasteiger partial charge in [0.25, 0.3) is 0 Å². The second-order valence-electron chi connectivity index (χ2n) is 3.47. The first-order valence-corrected chi connectivity index (χ1v) is 6.57. The predicted molar refractivity (Wildman–Crippen MR) is 68.0 cm³/mol. The topological polar surface area (TPSA) is 65.7 Å². The molecule has 0 aliphatic heterocycles. The number of aromatic nitrogens is 5. The molecule has 0 N–H and O–H groups in total. The molecular formula is C10H12ClN5OS. The largest absolute Gasteiger partial charge is 0.463 e. The van der Waals surface area contributed by atoms with Crippen LogP contribution in [0.1, 0.15) is 13.3 Å². The lowest BCUT2D eigenvalue weighted by Crippen LogP contribution is -2.02. The molecule has 0 fully saturated rings. The summed E-state index contributed by atoms with van der Waals surface area (Å²) in [5, 5.41) is 4.69. The number of ether oxygens (including phenoxy) is 1. The normalized spacial score (nSPS) is 10.6. The van der Waals surface area contributed by atoms with Crippen LogP contribution in [0.15, 0.2) is 22.4 Å². The van der Waals surface area contributed by atoms with Crippen molar-refractivity contribution in [2.75, 3.05) is 6.61 Å². The van der Waals surface area contributed by atoms with E-state index < -0.39 is 0 Å². The summed E-state index contributed by atoms with van der Waals surface area (Å²) < 4.78 is 7.05. The summed E-state index contributed by atoms with van der Waals surface area (Å²) in [5.74, 6) is 0. The third-order valence-electron chi connectivity index (χ3n) is 1.89. The Morgan fingerprint density at radius 3 is 2.89 bits per heavy atom. The molecule has 0 aliphatic carbocycles. The monoisotopic (exact) mass is 285 g/mol. The van der Waals surface area contributed by atoms with Crippen LogP contribution in [0.25, 0.3) is 0 Å². The molecule has 0 bridgehead atoms. The molecule has 6 nitrogen and oxygen atoms in total. The highest BCUT2D eigenvalue weighted by atomic mass is 35.5. The molecule has 0 radical (unpaired) electrons. The Kier molecular flexibility index (Phi) is 4.38. The summed E-state index contributed by atoms with van der Waals surface area (Å²) in [6.07, 6.45) is 4.48. The van der Waals surface area contributed by atoms with Crippen LogP contribution in [0.5, 0.6) is 6.01 Å². The van der Waals surface area contributed by atoms with Gasteiger partial charge in [-0.05, 0) is 29.8 Å².